The highest BCUT2D eigenvalue weighted by Crippen LogP contribution is 2.39. The zero-order valence-corrected chi connectivity index (χ0v) is 20.0. The highest BCUT2D eigenvalue weighted by Gasteiger charge is 2.46. The molecule has 0 amide bonds. The van der Waals surface area contributed by atoms with Gasteiger partial charge in [-0.3, -0.25) is 9.30 Å². The molecule has 1 fully saturated rings. The van der Waals surface area contributed by atoms with Crippen LogP contribution in [-0.4, -0.2) is 70.1 Å². The van der Waals surface area contributed by atoms with Crippen molar-refractivity contribution in [2.45, 2.75) is 31.6 Å². The fourth-order valence-electron chi connectivity index (χ4n) is 4.73. The van der Waals surface area contributed by atoms with Gasteiger partial charge in [0.2, 0.25) is 0 Å². The first-order valence-electron chi connectivity index (χ1n) is 11.7. The zero-order chi connectivity index (χ0) is 25.4. The van der Waals surface area contributed by atoms with Crippen molar-refractivity contribution in [1.29, 1.82) is 0 Å². The van der Waals surface area contributed by atoms with E-state index in [4.69, 9.17) is 20.2 Å². The Morgan fingerprint density at radius 2 is 1.92 bits per heavy atom. The van der Waals surface area contributed by atoms with Crippen molar-refractivity contribution < 1.29 is 22.6 Å². The van der Waals surface area contributed by atoms with Gasteiger partial charge in [-0.05, 0) is 43.2 Å². The molecule has 190 valence electrons. The molecule has 4 heterocycles. The van der Waals surface area contributed by atoms with E-state index in [1.807, 2.05) is 25.1 Å². The molecule has 2 N–H and O–H groups in total. The van der Waals surface area contributed by atoms with Crippen molar-refractivity contribution in [3.63, 3.8) is 0 Å². The van der Waals surface area contributed by atoms with E-state index in [9.17, 15) is 13.2 Å². The molecule has 2 atom stereocenters. The number of alkyl halides is 3. The van der Waals surface area contributed by atoms with Crippen LogP contribution in [0.3, 0.4) is 0 Å². The molecule has 0 unspecified atom stereocenters. The molecule has 8 nitrogen and oxygen atoms in total. The molecular formula is C25H27F3N6O2. The van der Waals surface area contributed by atoms with Crippen molar-refractivity contribution >= 4 is 16.6 Å². The molecule has 0 bridgehead atoms. The van der Waals surface area contributed by atoms with Gasteiger partial charge in [-0.25, -0.2) is 4.98 Å². The summed E-state index contributed by atoms with van der Waals surface area (Å²) in [6.07, 6.45) is -2.47. The van der Waals surface area contributed by atoms with Gasteiger partial charge in [-0.1, -0.05) is 12.1 Å². The Morgan fingerprint density at radius 1 is 1.11 bits per heavy atom. The highest BCUT2D eigenvalue weighted by atomic mass is 19.4. The van der Waals surface area contributed by atoms with Crippen molar-refractivity contribution in [3.05, 3.63) is 53.7 Å². The van der Waals surface area contributed by atoms with Crippen LogP contribution in [0, 0.1) is 6.92 Å². The Labute approximate surface area is 205 Å². The molecule has 1 saturated heterocycles. The number of hydrogen-bond acceptors (Lipinski definition) is 7. The minimum atomic E-state index is -4.45. The van der Waals surface area contributed by atoms with Crippen LogP contribution < -0.4 is 10.5 Å². The fourth-order valence-corrected chi connectivity index (χ4v) is 4.73. The van der Waals surface area contributed by atoms with Gasteiger partial charge in [-0.2, -0.15) is 13.2 Å². The number of halogens is 3. The number of ether oxygens (including phenoxy) is 2. The predicted molar refractivity (Wildman–Crippen MR) is 129 cm³/mol. The van der Waals surface area contributed by atoms with Crippen molar-refractivity contribution in [1.82, 2.24) is 24.5 Å². The molecule has 0 saturated carbocycles. The molecular weight excluding hydrogens is 473 g/mol. The van der Waals surface area contributed by atoms with E-state index in [0.29, 0.717) is 49.1 Å². The van der Waals surface area contributed by atoms with E-state index in [0.717, 1.165) is 16.5 Å². The Morgan fingerprint density at radius 3 is 2.64 bits per heavy atom. The summed E-state index contributed by atoms with van der Waals surface area (Å²) in [4.78, 5) is 6.17. The quantitative estimate of drug-likeness (QED) is 0.385. The second-order valence-corrected chi connectivity index (χ2v) is 9.00. The lowest BCUT2D eigenvalue weighted by molar-refractivity contribution is -0.183. The lowest BCUT2D eigenvalue weighted by Gasteiger charge is -2.30. The van der Waals surface area contributed by atoms with E-state index in [1.165, 1.54) is 17.2 Å². The number of hydrogen-bond donors (Lipinski definition) is 1. The summed E-state index contributed by atoms with van der Waals surface area (Å²) in [6.45, 7) is 3.26. The van der Waals surface area contributed by atoms with Gasteiger partial charge in [0.25, 0.3) is 0 Å². The number of aryl methyl sites for hydroxylation is 1. The largest absolute Gasteiger partial charge is 0.491 e. The third kappa shape index (κ3) is 4.61. The van der Waals surface area contributed by atoms with Gasteiger partial charge in [0.05, 0.1) is 12.1 Å². The van der Waals surface area contributed by atoms with Crippen LogP contribution in [0.4, 0.5) is 13.2 Å². The number of rotatable bonds is 7. The van der Waals surface area contributed by atoms with Gasteiger partial charge in [0.15, 0.2) is 11.5 Å². The average Bonchev–Trinajstić information content (AvgIpc) is 3.46. The SMILES string of the molecule is COCCOc1ccc2ccc(-c3nnc4ccc([C@@H](N5CC[C@H](N)C5)C(F)(F)F)cn34)nc2c1C. The third-order valence-electron chi connectivity index (χ3n) is 6.51. The Kier molecular flexibility index (Phi) is 6.54. The molecule has 5 rings (SSSR count). The summed E-state index contributed by atoms with van der Waals surface area (Å²) in [5, 5.41) is 9.31. The normalized spacial score (nSPS) is 17.8. The maximum atomic E-state index is 14.1. The van der Waals surface area contributed by atoms with Crippen molar-refractivity contribution in [3.8, 4) is 17.3 Å². The molecule has 0 aliphatic carbocycles. The maximum absolute atomic E-state index is 14.1. The van der Waals surface area contributed by atoms with Crippen molar-refractivity contribution in [2.24, 2.45) is 5.73 Å². The second-order valence-electron chi connectivity index (χ2n) is 9.00. The molecule has 0 spiro atoms. The smallest absolute Gasteiger partial charge is 0.408 e. The first-order valence-corrected chi connectivity index (χ1v) is 11.7. The van der Waals surface area contributed by atoms with Crippen LogP contribution in [-0.2, 0) is 4.74 Å². The highest BCUT2D eigenvalue weighted by molar-refractivity contribution is 5.85. The minimum absolute atomic E-state index is 0.107. The number of nitrogens with zero attached hydrogens (tertiary/aromatic N) is 5. The number of pyridine rings is 2. The summed E-state index contributed by atoms with van der Waals surface area (Å²) in [5.74, 6) is 1.05. The maximum Gasteiger partial charge on any atom is 0.408 e. The van der Waals surface area contributed by atoms with Crippen LogP contribution in [0.15, 0.2) is 42.6 Å². The van der Waals surface area contributed by atoms with E-state index in [1.54, 1.807) is 23.6 Å². The minimum Gasteiger partial charge on any atom is -0.491 e. The van der Waals surface area contributed by atoms with Crippen LogP contribution in [0.25, 0.3) is 28.1 Å². The summed E-state index contributed by atoms with van der Waals surface area (Å²) >= 11 is 0. The molecule has 1 aliphatic heterocycles. The number of fused-ring (bicyclic) bond motifs is 2. The Bertz CT molecular complexity index is 1390. The monoisotopic (exact) mass is 500 g/mol. The molecule has 36 heavy (non-hydrogen) atoms. The number of methoxy groups -OCH3 is 1. The first-order chi connectivity index (χ1) is 17.3. The second kappa shape index (κ2) is 9.64. The first kappa shape index (κ1) is 24.4. The van der Waals surface area contributed by atoms with Gasteiger partial charge < -0.3 is 15.2 Å². The standard InChI is InChI=1S/C25H27F3N6O2/c1-15-20(36-12-11-35-2)7-4-16-3-6-19(30-22(15)16)24-32-31-21-8-5-17(13-34(21)24)23(25(26,27)28)33-10-9-18(29)14-33/h3-8,13,18,23H,9-12,14,29H2,1-2H3/t18-,23+/m0/s1. The summed E-state index contributed by atoms with van der Waals surface area (Å²) in [6, 6.07) is 8.47. The Balaban J connectivity index is 1.56. The lowest BCUT2D eigenvalue weighted by Crippen LogP contribution is -2.38. The van der Waals surface area contributed by atoms with Gasteiger partial charge in [-0.15, -0.1) is 10.2 Å². The van der Waals surface area contributed by atoms with Crippen LogP contribution in [0.5, 0.6) is 5.75 Å². The predicted octanol–water partition coefficient (Wildman–Crippen LogP) is 3.91. The average molecular weight is 501 g/mol. The van der Waals surface area contributed by atoms with Crippen LogP contribution in [0.1, 0.15) is 23.6 Å². The number of nitrogens with two attached hydrogens (primary N) is 1. The molecule has 11 heteroatoms. The number of aromatic nitrogens is 4. The summed E-state index contributed by atoms with van der Waals surface area (Å²) in [7, 11) is 1.61. The molecule has 1 aromatic carbocycles. The summed E-state index contributed by atoms with van der Waals surface area (Å²) in [5.41, 5.74) is 8.51. The van der Waals surface area contributed by atoms with E-state index in [-0.39, 0.29) is 18.2 Å². The number of likely N-dealkylation sites (tertiary alicyclic amines) is 1. The van der Waals surface area contributed by atoms with E-state index in [2.05, 4.69) is 10.2 Å². The Hall–Kier alpha value is -3.28. The van der Waals surface area contributed by atoms with Crippen molar-refractivity contribution in [2.75, 3.05) is 33.4 Å². The molecule has 1 aliphatic rings. The molecule has 0 radical (unpaired) electrons. The molecule has 3 aromatic heterocycles. The van der Waals surface area contributed by atoms with E-state index < -0.39 is 12.2 Å². The lowest BCUT2D eigenvalue weighted by atomic mass is 10.1. The number of benzene rings is 1. The van der Waals surface area contributed by atoms with Gasteiger partial charge >= 0.3 is 6.18 Å². The van der Waals surface area contributed by atoms with Crippen LogP contribution in [0.2, 0.25) is 0 Å². The third-order valence-corrected chi connectivity index (χ3v) is 6.51. The van der Waals surface area contributed by atoms with E-state index >= 15 is 0 Å². The molecule has 4 aromatic rings. The van der Waals surface area contributed by atoms with Gasteiger partial charge in [0.1, 0.15) is 24.1 Å². The van der Waals surface area contributed by atoms with Crippen LogP contribution >= 0.6 is 0 Å². The zero-order valence-electron chi connectivity index (χ0n) is 20.0. The van der Waals surface area contributed by atoms with Gasteiger partial charge in [0, 0.05) is 43.4 Å². The topological polar surface area (TPSA) is 90.8 Å². The fraction of sp³-hybridized carbons (Fsp3) is 0.400. The summed E-state index contributed by atoms with van der Waals surface area (Å²) < 4.78 is 54.8.